The van der Waals surface area contributed by atoms with E-state index in [2.05, 4.69) is 15.9 Å². The van der Waals surface area contributed by atoms with Gasteiger partial charge < -0.3 is 4.74 Å². The minimum Gasteiger partial charge on any atom is -0.495 e. The quantitative estimate of drug-likeness (QED) is 0.761. The predicted octanol–water partition coefficient (Wildman–Crippen LogP) is 4.65. The second-order valence-electron chi connectivity index (χ2n) is 4.09. The zero-order chi connectivity index (χ0) is 14.0. The van der Waals surface area contributed by atoms with Gasteiger partial charge in [0.25, 0.3) is 0 Å². The second-order valence-corrected chi connectivity index (χ2v) is 5.35. The lowest BCUT2D eigenvalue weighted by Gasteiger charge is -2.09. The van der Waals surface area contributed by atoms with E-state index in [4.69, 9.17) is 16.3 Å². The second kappa shape index (κ2) is 5.76. The van der Waals surface area contributed by atoms with Crippen LogP contribution in [0, 0.1) is 6.92 Å². The predicted molar refractivity (Wildman–Crippen MR) is 80.3 cm³/mol. The van der Waals surface area contributed by atoms with E-state index in [0.29, 0.717) is 21.9 Å². The van der Waals surface area contributed by atoms with Gasteiger partial charge in [-0.15, -0.1) is 0 Å². The van der Waals surface area contributed by atoms with Crippen molar-refractivity contribution in [3.8, 4) is 5.75 Å². The molecule has 2 rings (SSSR count). The van der Waals surface area contributed by atoms with E-state index in [-0.39, 0.29) is 5.78 Å². The van der Waals surface area contributed by atoms with Gasteiger partial charge in [-0.3, -0.25) is 4.79 Å². The lowest BCUT2D eigenvalue weighted by molar-refractivity contribution is 0.103. The number of benzene rings is 2. The molecule has 0 bridgehead atoms. The molecular weight excluding hydrogens is 328 g/mol. The minimum atomic E-state index is -0.0474. The van der Waals surface area contributed by atoms with E-state index in [1.807, 2.05) is 25.1 Å². The molecule has 98 valence electrons. The van der Waals surface area contributed by atoms with Crippen LogP contribution in [-0.2, 0) is 0 Å². The Bertz CT molecular complexity index is 638. The molecule has 0 aliphatic heterocycles. The Balaban J connectivity index is 2.47. The Hall–Kier alpha value is -1.32. The van der Waals surface area contributed by atoms with Crippen LogP contribution in [0.3, 0.4) is 0 Å². The highest BCUT2D eigenvalue weighted by Crippen LogP contribution is 2.27. The first-order chi connectivity index (χ1) is 9.04. The molecule has 0 unspecified atom stereocenters. The number of ether oxygens (including phenoxy) is 1. The van der Waals surface area contributed by atoms with Gasteiger partial charge in [-0.2, -0.15) is 0 Å². The van der Waals surface area contributed by atoms with Crippen LogP contribution in [0.25, 0.3) is 0 Å². The first-order valence-corrected chi connectivity index (χ1v) is 6.85. The summed E-state index contributed by atoms with van der Waals surface area (Å²) in [5, 5.41) is 0.491. The van der Waals surface area contributed by atoms with Crippen molar-refractivity contribution < 1.29 is 9.53 Å². The molecule has 0 amide bonds. The van der Waals surface area contributed by atoms with Crippen molar-refractivity contribution in [3.63, 3.8) is 0 Å². The molecule has 0 atom stereocenters. The van der Waals surface area contributed by atoms with Crippen LogP contribution < -0.4 is 4.74 Å². The van der Waals surface area contributed by atoms with Gasteiger partial charge in [0.15, 0.2) is 5.78 Å². The maximum Gasteiger partial charge on any atom is 0.193 e. The fourth-order valence-corrected chi connectivity index (χ4v) is 2.37. The van der Waals surface area contributed by atoms with Crippen LogP contribution >= 0.6 is 27.5 Å². The summed E-state index contributed by atoms with van der Waals surface area (Å²) >= 11 is 9.39. The van der Waals surface area contributed by atoms with E-state index in [0.717, 1.165) is 10.0 Å². The fourth-order valence-electron chi connectivity index (χ4n) is 1.81. The molecule has 2 nitrogen and oxygen atoms in total. The Morgan fingerprint density at radius 1 is 1.26 bits per heavy atom. The molecule has 0 aliphatic carbocycles. The summed E-state index contributed by atoms with van der Waals surface area (Å²) < 4.78 is 6.05. The summed E-state index contributed by atoms with van der Waals surface area (Å²) in [6, 6.07) is 10.6. The molecule has 0 aromatic heterocycles. The van der Waals surface area contributed by atoms with E-state index in [1.54, 1.807) is 18.2 Å². The highest BCUT2D eigenvalue weighted by molar-refractivity contribution is 9.10. The van der Waals surface area contributed by atoms with Crippen molar-refractivity contribution in [3.05, 3.63) is 62.6 Å². The van der Waals surface area contributed by atoms with Gasteiger partial charge in [0, 0.05) is 15.6 Å². The van der Waals surface area contributed by atoms with Crippen molar-refractivity contribution in [1.82, 2.24) is 0 Å². The van der Waals surface area contributed by atoms with Crippen LogP contribution in [-0.4, -0.2) is 12.9 Å². The van der Waals surface area contributed by atoms with E-state index >= 15 is 0 Å². The van der Waals surface area contributed by atoms with Crippen LogP contribution in [0.4, 0.5) is 0 Å². The molecule has 0 aliphatic rings. The smallest absolute Gasteiger partial charge is 0.193 e. The number of hydrogen-bond donors (Lipinski definition) is 0. The molecular formula is C15H12BrClO2. The van der Waals surface area contributed by atoms with Gasteiger partial charge in [-0.05, 0) is 36.8 Å². The monoisotopic (exact) mass is 338 g/mol. The summed E-state index contributed by atoms with van der Waals surface area (Å²) in [5.41, 5.74) is 2.14. The molecule has 0 fully saturated rings. The molecule has 2 aromatic rings. The molecule has 19 heavy (non-hydrogen) atoms. The molecule has 0 saturated heterocycles. The maximum atomic E-state index is 12.5. The Labute approximate surface area is 125 Å². The van der Waals surface area contributed by atoms with Crippen molar-refractivity contribution in [2.75, 3.05) is 7.11 Å². The van der Waals surface area contributed by atoms with Gasteiger partial charge >= 0.3 is 0 Å². The largest absolute Gasteiger partial charge is 0.495 e. The number of carbonyl (C=O) groups is 1. The van der Waals surface area contributed by atoms with Crippen molar-refractivity contribution >= 4 is 33.3 Å². The number of methoxy groups -OCH3 is 1. The summed E-state index contributed by atoms with van der Waals surface area (Å²) in [6.07, 6.45) is 0. The third-order valence-corrected chi connectivity index (χ3v) is 4.10. The number of ketones is 1. The maximum absolute atomic E-state index is 12.5. The molecule has 0 radical (unpaired) electrons. The van der Waals surface area contributed by atoms with Crippen molar-refractivity contribution in [2.24, 2.45) is 0 Å². The fraction of sp³-hybridized carbons (Fsp3) is 0.133. The molecule has 0 heterocycles. The molecule has 2 aromatic carbocycles. The third-order valence-electron chi connectivity index (χ3n) is 2.93. The first-order valence-electron chi connectivity index (χ1n) is 5.68. The van der Waals surface area contributed by atoms with E-state index in [1.165, 1.54) is 7.11 Å². The number of carbonyl (C=O) groups excluding carboxylic acids is 1. The number of halogens is 2. The van der Waals surface area contributed by atoms with E-state index in [9.17, 15) is 4.79 Å². The zero-order valence-corrected chi connectivity index (χ0v) is 12.9. The molecule has 0 spiro atoms. The minimum absolute atomic E-state index is 0.0474. The molecule has 4 heteroatoms. The van der Waals surface area contributed by atoms with Gasteiger partial charge in [0.05, 0.1) is 12.1 Å². The van der Waals surface area contributed by atoms with Gasteiger partial charge in [-0.1, -0.05) is 39.7 Å². The Kier molecular flexibility index (Phi) is 4.27. The van der Waals surface area contributed by atoms with Crippen LogP contribution in [0.5, 0.6) is 5.75 Å². The summed E-state index contributed by atoms with van der Waals surface area (Å²) in [7, 11) is 1.53. The Morgan fingerprint density at radius 3 is 2.68 bits per heavy atom. The SMILES string of the molecule is COc1cc(C(=O)c2cccc(Br)c2C)ccc1Cl. The summed E-state index contributed by atoms with van der Waals surface area (Å²) in [4.78, 5) is 12.5. The number of hydrogen-bond acceptors (Lipinski definition) is 2. The zero-order valence-electron chi connectivity index (χ0n) is 10.5. The molecule has 0 N–H and O–H groups in total. The first kappa shape index (κ1) is 14.1. The highest BCUT2D eigenvalue weighted by atomic mass is 79.9. The van der Waals surface area contributed by atoms with Gasteiger partial charge in [-0.25, -0.2) is 0 Å². The van der Waals surface area contributed by atoms with E-state index < -0.39 is 0 Å². The average Bonchev–Trinajstić information content (AvgIpc) is 2.41. The average molecular weight is 340 g/mol. The van der Waals surface area contributed by atoms with Crippen LogP contribution in [0.2, 0.25) is 5.02 Å². The highest BCUT2D eigenvalue weighted by Gasteiger charge is 2.14. The standard InChI is InChI=1S/C15H12BrClO2/c1-9-11(4-3-5-12(9)16)15(18)10-6-7-13(17)14(8-10)19-2/h3-8H,1-2H3. The van der Waals surface area contributed by atoms with Gasteiger partial charge in [0.2, 0.25) is 0 Å². The number of rotatable bonds is 3. The lowest BCUT2D eigenvalue weighted by Crippen LogP contribution is -2.04. The van der Waals surface area contributed by atoms with Crippen molar-refractivity contribution in [2.45, 2.75) is 6.92 Å². The van der Waals surface area contributed by atoms with Crippen LogP contribution in [0.15, 0.2) is 40.9 Å². The van der Waals surface area contributed by atoms with Gasteiger partial charge in [0.1, 0.15) is 5.75 Å². The normalized spacial score (nSPS) is 10.3. The summed E-state index contributed by atoms with van der Waals surface area (Å²) in [6.45, 7) is 1.91. The van der Waals surface area contributed by atoms with Crippen molar-refractivity contribution in [1.29, 1.82) is 0 Å². The topological polar surface area (TPSA) is 26.3 Å². The third kappa shape index (κ3) is 2.82. The Morgan fingerprint density at radius 2 is 2.00 bits per heavy atom. The van der Waals surface area contributed by atoms with Crippen LogP contribution in [0.1, 0.15) is 21.5 Å². The molecule has 0 saturated carbocycles. The summed E-state index contributed by atoms with van der Waals surface area (Å²) in [5.74, 6) is 0.453. The lowest BCUT2D eigenvalue weighted by atomic mass is 9.99.